The van der Waals surface area contributed by atoms with Crippen molar-refractivity contribution in [3.05, 3.63) is 95.8 Å². The summed E-state index contributed by atoms with van der Waals surface area (Å²) < 4.78 is 18.5. The van der Waals surface area contributed by atoms with Gasteiger partial charge in [-0.15, -0.1) is 0 Å². The van der Waals surface area contributed by atoms with Crippen LogP contribution < -0.4 is 20.8 Å². The Bertz CT molecular complexity index is 1130. The molecule has 0 heterocycles. The van der Waals surface area contributed by atoms with Crippen LogP contribution in [-0.2, 0) is 20.9 Å². The van der Waals surface area contributed by atoms with E-state index in [1.807, 2.05) is 30.3 Å². The van der Waals surface area contributed by atoms with Crippen molar-refractivity contribution >= 4 is 29.6 Å². The van der Waals surface area contributed by atoms with Gasteiger partial charge in [-0.2, -0.15) is 5.10 Å². The van der Waals surface area contributed by atoms with Gasteiger partial charge in [0.15, 0.2) is 6.61 Å². The third-order valence-electron chi connectivity index (χ3n) is 4.29. The molecule has 3 amide bonds. The number of benzene rings is 3. The van der Waals surface area contributed by atoms with Crippen LogP contribution in [0.15, 0.2) is 84.0 Å². The molecule has 3 aromatic rings. The topological polar surface area (TPSA) is 109 Å². The van der Waals surface area contributed by atoms with Crippen LogP contribution in [0.3, 0.4) is 0 Å². The summed E-state index contributed by atoms with van der Waals surface area (Å²) in [6.07, 6.45) is 1.29. The third kappa shape index (κ3) is 7.59. The smallest absolute Gasteiger partial charge is 0.329 e. The summed E-state index contributed by atoms with van der Waals surface area (Å²) in [5.74, 6) is -2.35. The zero-order valence-corrected chi connectivity index (χ0v) is 17.5. The Kier molecular flexibility index (Phi) is 8.24. The quantitative estimate of drug-likeness (QED) is 0.280. The van der Waals surface area contributed by atoms with Gasteiger partial charge in [0.25, 0.3) is 5.91 Å². The van der Waals surface area contributed by atoms with Crippen molar-refractivity contribution in [1.82, 2.24) is 10.7 Å². The molecule has 0 aromatic heterocycles. The van der Waals surface area contributed by atoms with Crippen LogP contribution in [0, 0.1) is 5.82 Å². The van der Waals surface area contributed by atoms with Crippen molar-refractivity contribution in [1.29, 1.82) is 0 Å². The molecule has 9 heteroatoms. The van der Waals surface area contributed by atoms with E-state index in [0.717, 1.165) is 17.7 Å². The minimum atomic E-state index is -1.01. The Morgan fingerprint density at radius 3 is 2.33 bits per heavy atom. The van der Waals surface area contributed by atoms with Crippen LogP contribution in [-0.4, -0.2) is 30.5 Å². The first-order chi connectivity index (χ1) is 16.0. The van der Waals surface area contributed by atoms with Gasteiger partial charge < -0.3 is 15.4 Å². The number of anilines is 1. The molecule has 0 aliphatic rings. The number of para-hydroxylation sites is 1. The zero-order chi connectivity index (χ0) is 23.5. The SMILES string of the molecule is O=C(COc1ccccc1/C=N\NC(=O)C(=O)Nc1ccc(F)cc1)NCc1ccccc1. The monoisotopic (exact) mass is 448 g/mol. The highest BCUT2D eigenvalue weighted by Crippen LogP contribution is 2.15. The fourth-order valence-corrected chi connectivity index (χ4v) is 2.64. The molecule has 8 nitrogen and oxygen atoms in total. The normalized spacial score (nSPS) is 10.5. The molecule has 0 aliphatic carbocycles. The summed E-state index contributed by atoms with van der Waals surface area (Å²) in [4.78, 5) is 35.8. The molecule has 168 valence electrons. The van der Waals surface area contributed by atoms with Gasteiger partial charge in [0.1, 0.15) is 11.6 Å². The molecule has 0 radical (unpaired) electrons. The molecule has 0 fully saturated rings. The Labute approximate surface area is 189 Å². The first-order valence-electron chi connectivity index (χ1n) is 9.93. The van der Waals surface area contributed by atoms with Crippen molar-refractivity contribution in [2.24, 2.45) is 5.10 Å². The number of nitrogens with one attached hydrogen (secondary N) is 3. The van der Waals surface area contributed by atoms with E-state index in [1.54, 1.807) is 24.3 Å². The van der Waals surface area contributed by atoms with E-state index in [4.69, 9.17) is 4.74 Å². The predicted molar refractivity (Wildman–Crippen MR) is 121 cm³/mol. The number of hydrogen-bond acceptors (Lipinski definition) is 5. The molecule has 33 heavy (non-hydrogen) atoms. The summed E-state index contributed by atoms with van der Waals surface area (Å²) in [6.45, 7) is 0.183. The maximum Gasteiger partial charge on any atom is 0.329 e. The molecule has 3 aromatic carbocycles. The second kappa shape index (κ2) is 11.8. The molecule has 3 N–H and O–H groups in total. The summed E-state index contributed by atoms with van der Waals surface area (Å²) in [5.41, 5.74) is 3.83. The van der Waals surface area contributed by atoms with Gasteiger partial charge in [0.05, 0.1) is 6.21 Å². The summed E-state index contributed by atoms with van der Waals surface area (Å²) in [5, 5.41) is 8.84. The average molecular weight is 448 g/mol. The minimum Gasteiger partial charge on any atom is -0.483 e. The molecule has 0 aliphatic heterocycles. The van der Waals surface area contributed by atoms with Crippen LogP contribution in [0.5, 0.6) is 5.75 Å². The number of rotatable bonds is 8. The number of ether oxygens (including phenoxy) is 1. The van der Waals surface area contributed by atoms with Crippen LogP contribution in [0.2, 0.25) is 0 Å². The van der Waals surface area contributed by atoms with Gasteiger partial charge in [-0.05, 0) is 42.0 Å². The number of halogens is 1. The van der Waals surface area contributed by atoms with Crippen molar-refractivity contribution in [2.75, 3.05) is 11.9 Å². The third-order valence-corrected chi connectivity index (χ3v) is 4.29. The lowest BCUT2D eigenvalue weighted by Gasteiger charge is -2.09. The highest BCUT2D eigenvalue weighted by Gasteiger charge is 2.13. The minimum absolute atomic E-state index is 0.204. The van der Waals surface area contributed by atoms with Gasteiger partial charge in [-0.3, -0.25) is 14.4 Å². The molecule has 0 saturated carbocycles. The molecular weight excluding hydrogens is 427 g/mol. The van der Waals surface area contributed by atoms with Gasteiger partial charge in [0.2, 0.25) is 0 Å². The molecule has 0 bridgehead atoms. The van der Waals surface area contributed by atoms with E-state index in [1.165, 1.54) is 18.3 Å². The van der Waals surface area contributed by atoms with Crippen LogP contribution in [0.4, 0.5) is 10.1 Å². The largest absolute Gasteiger partial charge is 0.483 e. The summed E-state index contributed by atoms with van der Waals surface area (Å²) in [6, 6.07) is 21.2. The van der Waals surface area contributed by atoms with Gasteiger partial charge >= 0.3 is 11.8 Å². The summed E-state index contributed by atoms with van der Waals surface area (Å²) >= 11 is 0. The van der Waals surface area contributed by atoms with E-state index < -0.39 is 17.6 Å². The maximum absolute atomic E-state index is 12.9. The molecule has 0 unspecified atom stereocenters. The average Bonchev–Trinajstić information content (AvgIpc) is 2.84. The fourth-order valence-electron chi connectivity index (χ4n) is 2.64. The standard InChI is InChI=1S/C24H21FN4O4/c25-19-10-12-20(13-11-19)28-23(31)24(32)29-27-15-18-8-4-5-9-21(18)33-16-22(30)26-14-17-6-2-1-3-7-17/h1-13,15H,14,16H2,(H,26,30)(H,28,31)(H,29,32)/b27-15-. The van der Waals surface area contributed by atoms with Crippen molar-refractivity contribution in [2.45, 2.75) is 6.54 Å². The van der Waals surface area contributed by atoms with Crippen molar-refractivity contribution in [3.63, 3.8) is 0 Å². The summed E-state index contributed by atoms with van der Waals surface area (Å²) in [7, 11) is 0. The van der Waals surface area contributed by atoms with Crippen molar-refractivity contribution < 1.29 is 23.5 Å². The first kappa shape index (κ1) is 23.1. The van der Waals surface area contributed by atoms with Crippen LogP contribution in [0.1, 0.15) is 11.1 Å². The highest BCUT2D eigenvalue weighted by atomic mass is 19.1. The van der Waals surface area contributed by atoms with E-state index in [9.17, 15) is 18.8 Å². The Morgan fingerprint density at radius 2 is 1.58 bits per heavy atom. The number of hydrogen-bond donors (Lipinski definition) is 3. The van der Waals surface area contributed by atoms with Gasteiger partial charge in [0, 0.05) is 17.8 Å². The van der Waals surface area contributed by atoms with Crippen LogP contribution >= 0.6 is 0 Å². The lowest BCUT2D eigenvalue weighted by molar-refractivity contribution is -0.136. The molecule has 0 atom stereocenters. The number of carbonyl (C=O) groups is 3. The second-order valence-electron chi connectivity index (χ2n) is 6.75. The maximum atomic E-state index is 12.9. The zero-order valence-electron chi connectivity index (χ0n) is 17.5. The Balaban J connectivity index is 1.48. The molecule has 0 spiro atoms. The Hall–Kier alpha value is -4.53. The fraction of sp³-hybridized carbons (Fsp3) is 0.0833. The van der Waals surface area contributed by atoms with Gasteiger partial charge in [-0.1, -0.05) is 42.5 Å². The van der Waals surface area contributed by atoms with E-state index in [2.05, 4.69) is 21.2 Å². The number of carbonyl (C=O) groups excluding carboxylic acids is 3. The molecule has 0 saturated heterocycles. The van der Waals surface area contributed by atoms with Crippen molar-refractivity contribution in [3.8, 4) is 5.75 Å². The van der Waals surface area contributed by atoms with Gasteiger partial charge in [-0.25, -0.2) is 9.82 Å². The number of amides is 3. The van der Waals surface area contributed by atoms with Crippen LogP contribution in [0.25, 0.3) is 0 Å². The number of nitrogens with zero attached hydrogens (tertiary/aromatic N) is 1. The predicted octanol–water partition coefficient (Wildman–Crippen LogP) is 2.61. The lowest BCUT2D eigenvalue weighted by Crippen LogP contribution is -2.32. The lowest BCUT2D eigenvalue weighted by atomic mass is 10.2. The molecular formula is C24H21FN4O4. The Morgan fingerprint density at radius 1 is 0.879 bits per heavy atom. The van der Waals surface area contributed by atoms with E-state index in [0.29, 0.717) is 17.9 Å². The van der Waals surface area contributed by atoms with E-state index in [-0.39, 0.29) is 18.2 Å². The second-order valence-corrected chi connectivity index (χ2v) is 6.75. The molecule has 3 rings (SSSR count). The number of hydrazone groups is 1. The highest BCUT2D eigenvalue weighted by molar-refractivity contribution is 6.39. The first-order valence-corrected chi connectivity index (χ1v) is 9.93. The van der Waals surface area contributed by atoms with E-state index >= 15 is 0 Å².